The highest BCUT2D eigenvalue weighted by molar-refractivity contribution is 5.81. The van der Waals surface area contributed by atoms with Crippen molar-refractivity contribution in [1.29, 1.82) is 0 Å². The van der Waals surface area contributed by atoms with E-state index in [0.29, 0.717) is 5.92 Å². The first-order valence-corrected chi connectivity index (χ1v) is 6.42. The number of hydrogen-bond donors (Lipinski definition) is 2. The van der Waals surface area contributed by atoms with E-state index in [1.807, 2.05) is 6.92 Å². The van der Waals surface area contributed by atoms with Crippen LogP contribution in [0.25, 0.3) is 0 Å². The first-order chi connectivity index (χ1) is 9.30. The van der Waals surface area contributed by atoms with E-state index in [2.05, 4.69) is 5.32 Å². The van der Waals surface area contributed by atoms with E-state index in [0.717, 1.165) is 12.5 Å². The maximum absolute atomic E-state index is 12.8. The zero-order valence-electron chi connectivity index (χ0n) is 10.9. The van der Waals surface area contributed by atoms with Crippen LogP contribution in [-0.2, 0) is 11.0 Å². The van der Waals surface area contributed by atoms with E-state index in [9.17, 15) is 23.1 Å². The molecule has 20 heavy (non-hydrogen) atoms. The molecule has 2 N–H and O–H groups in total. The zero-order chi connectivity index (χ0) is 14.9. The smallest absolute Gasteiger partial charge is 0.387 e. The molecule has 1 saturated carbocycles. The second-order valence-electron chi connectivity index (χ2n) is 5.17. The van der Waals surface area contributed by atoms with Crippen molar-refractivity contribution in [1.82, 2.24) is 5.32 Å². The molecule has 1 aromatic carbocycles. The molecule has 1 aliphatic rings. The Bertz CT molecular complexity index is 501. The molecule has 110 valence electrons. The number of alkyl halides is 3. The van der Waals surface area contributed by atoms with Gasteiger partial charge in [-0.05, 0) is 24.0 Å². The van der Waals surface area contributed by atoms with Gasteiger partial charge in [0.25, 0.3) is 0 Å². The van der Waals surface area contributed by atoms with Crippen molar-refractivity contribution >= 4 is 5.91 Å². The molecular formula is C14H16F3NO2. The average Bonchev–Trinajstić information content (AvgIpc) is 3.12. The summed E-state index contributed by atoms with van der Waals surface area (Å²) in [4.78, 5) is 11.6. The molecular weight excluding hydrogens is 271 g/mol. The van der Waals surface area contributed by atoms with Crippen LogP contribution in [0, 0.1) is 11.8 Å². The second-order valence-corrected chi connectivity index (χ2v) is 5.17. The highest BCUT2D eigenvalue weighted by Gasteiger charge is 2.39. The molecule has 3 nitrogen and oxygen atoms in total. The number of carbonyl (C=O) groups is 1. The molecule has 0 heterocycles. The lowest BCUT2D eigenvalue weighted by Gasteiger charge is -2.17. The molecule has 1 aromatic rings. The lowest BCUT2D eigenvalue weighted by molar-refractivity contribution is -0.139. The minimum Gasteiger partial charge on any atom is -0.387 e. The fraction of sp³-hybridized carbons (Fsp3) is 0.500. The highest BCUT2D eigenvalue weighted by atomic mass is 19.4. The molecule has 0 aliphatic heterocycles. The van der Waals surface area contributed by atoms with E-state index in [-0.39, 0.29) is 23.9 Å². The molecule has 0 saturated heterocycles. The van der Waals surface area contributed by atoms with Crippen molar-refractivity contribution in [2.45, 2.75) is 25.6 Å². The zero-order valence-corrected chi connectivity index (χ0v) is 10.9. The van der Waals surface area contributed by atoms with Gasteiger partial charge >= 0.3 is 6.18 Å². The van der Waals surface area contributed by atoms with Gasteiger partial charge in [0.2, 0.25) is 5.91 Å². The number of aliphatic hydroxyl groups is 1. The normalized spacial score (nSPS) is 23.2. The Morgan fingerprint density at radius 3 is 2.60 bits per heavy atom. The topological polar surface area (TPSA) is 49.3 Å². The summed E-state index contributed by atoms with van der Waals surface area (Å²) in [6.07, 6.45) is -5.10. The summed E-state index contributed by atoms with van der Waals surface area (Å²) in [5.74, 6) is 0.0377. The maximum atomic E-state index is 12.8. The highest BCUT2D eigenvalue weighted by Crippen LogP contribution is 2.38. The van der Waals surface area contributed by atoms with E-state index in [4.69, 9.17) is 0 Å². The van der Waals surface area contributed by atoms with Gasteiger partial charge < -0.3 is 10.4 Å². The molecule has 3 atom stereocenters. The third kappa shape index (κ3) is 3.30. The number of halogens is 3. The molecule has 2 rings (SSSR count). The molecule has 0 bridgehead atoms. The summed E-state index contributed by atoms with van der Waals surface area (Å²) in [6.45, 7) is 1.72. The Balaban J connectivity index is 2.02. The first-order valence-electron chi connectivity index (χ1n) is 6.42. The molecule has 1 aliphatic carbocycles. The number of carbonyl (C=O) groups excluding carboxylic acids is 1. The minimum absolute atomic E-state index is 0.0694. The molecule has 1 amide bonds. The third-order valence-corrected chi connectivity index (χ3v) is 3.54. The van der Waals surface area contributed by atoms with Gasteiger partial charge in [0.1, 0.15) is 0 Å². The quantitative estimate of drug-likeness (QED) is 0.894. The van der Waals surface area contributed by atoms with Crippen LogP contribution < -0.4 is 5.32 Å². The van der Waals surface area contributed by atoms with Crippen molar-refractivity contribution < 1.29 is 23.1 Å². The van der Waals surface area contributed by atoms with Crippen LogP contribution in [0.3, 0.4) is 0 Å². The fourth-order valence-electron chi connectivity index (χ4n) is 2.17. The van der Waals surface area contributed by atoms with Crippen molar-refractivity contribution in [3.8, 4) is 0 Å². The monoisotopic (exact) mass is 287 g/mol. The van der Waals surface area contributed by atoms with Crippen LogP contribution in [0.2, 0.25) is 0 Å². The predicted molar refractivity (Wildman–Crippen MR) is 66.7 cm³/mol. The Labute approximate surface area is 114 Å². The molecule has 6 heteroatoms. The van der Waals surface area contributed by atoms with E-state index in [1.165, 1.54) is 18.2 Å². The summed E-state index contributed by atoms with van der Waals surface area (Å²) in [7, 11) is 0. The molecule has 0 unspecified atom stereocenters. The summed E-state index contributed by atoms with van der Waals surface area (Å²) in [6, 6.07) is 4.84. The van der Waals surface area contributed by atoms with Gasteiger partial charge in [0.15, 0.2) is 0 Å². The van der Waals surface area contributed by atoms with E-state index in [1.54, 1.807) is 0 Å². The van der Waals surface area contributed by atoms with Crippen molar-refractivity contribution in [2.75, 3.05) is 6.54 Å². The number of hydrogen-bond acceptors (Lipinski definition) is 2. The molecule has 0 aromatic heterocycles. The Hall–Kier alpha value is -1.56. The van der Waals surface area contributed by atoms with E-state index < -0.39 is 17.8 Å². The van der Waals surface area contributed by atoms with E-state index >= 15 is 0 Å². The number of benzene rings is 1. The largest absolute Gasteiger partial charge is 0.416 e. The van der Waals surface area contributed by atoms with Gasteiger partial charge in [-0.15, -0.1) is 0 Å². The lowest BCUT2D eigenvalue weighted by atomic mass is 10.0. The van der Waals surface area contributed by atoms with Gasteiger partial charge in [0.05, 0.1) is 11.7 Å². The SMILES string of the molecule is C[C@@H]1C[C@@H]1C(=O)NC[C@@H](O)c1ccccc1C(F)(F)F. The second kappa shape index (κ2) is 5.44. The van der Waals surface area contributed by atoms with Gasteiger partial charge in [-0.3, -0.25) is 4.79 Å². The van der Waals surface area contributed by atoms with Gasteiger partial charge in [-0.25, -0.2) is 0 Å². The van der Waals surface area contributed by atoms with Crippen molar-refractivity contribution in [3.63, 3.8) is 0 Å². The molecule has 1 fully saturated rings. The first kappa shape index (κ1) is 14.8. The summed E-state index contributed by atoms with van der Waals surface area (Å²) < 4.78 is 38.4. The maximum Gasteiger partial charge on any atom is 0.416 e. The minimum atomic E-state index is -4.52. The van der Waals surface area contributed by atoms with Crippen LogP contribution >= 0.6 is 0 Å². The Morgan fingerprint density at radius 2 is 2.05 bits per heavy atom. The van der Waals surface area contributed by atoms with Crippen molar-refractivity contribution in [2.24, 2.45) is 11.8 Å². The fourth-order valence-corrected chi connectivity index (χ4v) is 2.17. The van der Waals surface area contributed by atoms with Crippen molar-refractivity contribution in [3.05, 3.63) is 35.4 Å². The number of aliphatic hydroxyl groups excluding tert-OH is 1. The van der Waals surface area contributed by atoms with Crippen LogP contribution in [0.1, 0.15) is 30.6 Å². The predicted octanol–water partition coefficient (Wildman–Crippen LogP) is 2.51. The van der Waals surface area contributed by atoms with Gasteiger partial charge in [0, 0.05) is 12.5 Å². The molecule has 0 spiro atoms. The molecule has 0 radical (unpaired) electrons. The van der Waals surface area contributed by atoms with Crippen LogP contribution in [0.4, 0.5) is 13.2 Å². The lowest BCUT2D eigenvalue weighted by Crippen LogP contribution is -2.30. The van der Waals surface area contributed by atoms with Crippen LogP contribution in [0.5, 0.6) is 0 Å². The Kier molecular flexibility index (Phi) is 4.04. The standard InChI is InChI=1S/C14H16F3NO2/c1-8-6-10(8)13(20)18-7-12(19)9-4-2-3-5-11(9)14(15,16)17/h2-5,8,10,12,19H,6-7H2,1H3,(H,18,20)/t8-,10+,12-/m1/s1. The number of rotatable bonds is 4. The number of amides is 1. The van der Waals surface area contributed by atoms with Crippen LogP contribution in [0.15, 0.2) is 24.3 Å². The summed E-state index contributed by atoms with van der Waals surface area (Å²) in [5.41, 5.74) is -1.09. The third-order valence-electron chi connectivity index (χ3n) is 3.54. The number of nitrogens with one attached hydrogen (secondary N) is 1. The Morgan fingerprint density at radius 1 is 1.45 bits per heavy atom. The summed E-state index contributed by atoms with van der Waals surface area (Å²) >= 11 is 0. The van der Waals surface area contributed by atoms with Gasteiger partial charge in [-0.2, -0.15) is 13.2 Å². The van der Waals surface area contributed by atoms with Gasteiger partial charge in [-0.1, -0.05) is 25.1 Å². The average molecular weight is 287 g/mol. The van der Waals surface area contributed by atoms with Crippen LogP contribution in [-0.4, -0.2) is 17.6 Å². The summed E-state index contributed by atoms with van der Waals surface area (Å²) in [5, 5.41) is 12.4.